The van der Waals surface area contributed by atoms with E-state index < -0.39 is 16.1 Å². The summed E-state index contributed by atoms with van der Waals surface area (Å²) < 4.78 is 10.5. The van der Waals surface area contributed by atoms with Gasteiger partial charge < -0.3 is 20.1 Å². The Kier molecular flexibility index (Phi) is 9.15. The van der Waals surface area contributed by atoms with Crippen molar-refractivity contribution in [2.75, 3.05) is 24.9 Å². The molecule has 3 aromatic carbocycles. The molecule has 0 saturated heterocycles. The number of non-ortho nitro benzene ring substituents is 1. The second kappa shape index (κ2) is 12.3. The molecule has 3 aromatic rings. The van der Waals surface area contributed by atoms with E-state index >= 15 is 0 Å². The van der Waals surface area contributed by atoms with E-state index in [1.54, 1.807) is 30.3 Å². The molecular weight excluding hydrogens is 506 g/mol. The van der Waals surface area contributed by atoms with Gasteiger partial charge in [0.05, 0.1) is 35.1 Å². The zero-order valence-corrected chi connectivity index (χ0v) is 21.3. The Labute approximate surface area is 217 Å². The van der Waals surface area contributed by atoms with Gasteiger partial charge in [0.1, 0.15) is 11.5 Å². The predicted octanol–water partition coefficient (Wildman–Crippen LogP) is 6.03. The van der Waals surface area contributed by atoms with Crippen molar-refractivity contribution in [3.8, 4) is 11.5 Å². The number of rotatable bonds is 10. The fraction of sp³-hybridized carbons (Fsp3) is 0.200. The van der Waals surface area contributed by atoms with Crippen LogP contribution in [-0.4, -0.2) is 36.2 Å². The van der Waals surface area contributed by atoms with Crippen molar-refractivity contribution >= 4 is 52.2 Å². The number of nitrogens with one attached hydrogen (secondary N) is 2. The third-order valence-corrected chi connectivity index (χ3v) is 6.76. The number of thioether (sulfide) groups is 1. The van der Waals surface area contributed by atoms with Crippen LogP contribution in [0, 0.1) is 10.1 Å². The van der Waals surface area contributed by atoms with Crippen LogP contribution >= 0.6 is 23.4 Å². The van der Waals surface area contributed by atoms with E-state index in [1.165, 1.54) is 50.2 Å². The summed E-state index contributed by atoms with van der Waals surface area (Å²) in [4.78, 5) is 36.6. The van der Waals surface area contributed by atoms with Crippen LogP contribution in [0.4, 0.5) is 17.1 Å². The highest BCUT2D eigenvalue weighted by Crippen LogP contribution is 2.37. The molecule has 0 radical (unpaired) electrons. The Bertz CT molecular complexity index is 1270. The summed E-state index contributed by atoms with van der Waals surface area (Å²) >= 11 is 7.56. The Morgan fingerprint density at radius 3 is 2.33 bits per heavy atom. The van der Waals surface area contributed by atoms with Gasteiger partial charge in [-0.1, -0.05) is 24.6 Å². The van der Waals surface area contributed by atoms with Crippen LogP contribution in [-0.2, 0) is 4.79 Å². The number of ether oxygens (including phenoxy) is 2. The maximum atomic E-state index is 13.0. The van der Waals surface area contributed by atoms with Crippen LogP contribution in [0.3, 0.4) is 0 Å². The van der Waals surface area contributed by atoms with E-state index in [4.69, 9.17) is 21.1 Å². The summed E-state index contributed by atoms with van der Waals surface area (Å²) in [6.07, 6.45) is 0.544. The van der Waals surface area contributed by atoms with Crippen molar-refractivity contribution in [2.45, 2.75) is 23.5 Å². The number of nitro groups is 1. The molecule has 0 fully saturated rings. The fourth-order valence-corrected chi connectivity index (χ4v) is 4.50. The molecule has 1 unspecified atom stereocenters. The third kappa shape index (κ3) is 6.67. The van der Waals surface area contributed by atoms with Crippen LogP contribution in [0.15, 0.2) is 65.6 Å². The van der Waals surface area contributed by atoms with E-state index in [-0.39, 0.29) is 17.2 Å². The summed E-state index contributed by atoms with van der Waals surface area (Å²) in [6.45, 7) is 1.90. The average molecular weight is 530 g/mol. The number of benzene rings is 3. The summed E-state index contributed by atoms with van der Waals surface area (Å²) in [5, 5.41) is 16.3. The van der Waals surface area contributed by atoms with Crippen molar-refractivity contribution < 1.29 is 24.0 Å². The lowest BCUT2D eigenvalue weighted by Gasteiger charge is -2.18. The molecule has 0 saturated carbocycles. The highest BCUT2D eigenvalue weighted by Gasteiger charge is 2.21. The lowest BCUT2D eigenvalue weighted by molar-refractivity contribution is -0.384. The number of methoxy groups -OCH3 is 2. The molecule has 36 heavy (non-hydrogen) atoms. The second-order valence-electron chi connectivity index (χ2n) is 7.48. The summed E-state index contributed by atoms with van der Waals surface area (Å²) in [5.41, 5.74) is 1.15. The fourth-order valence-electron chi connectivity index (χ4n) is 3.24. The number of hydrogen-bond acceptors (Lipinski definition) is 7. The molecule has 9 nitrogen and oxygen atoms in total. The molecule has 1 atom stereocenters. The SMILES string of the molecule is CCC(Sc1cccc(NC(=O)c2ccc([N+](=O)[O-])cc2)c1)C(=O)Nc1cc(Cl)c(OC)cc1OC. The number of halogens is 1. The van der Waals surface area contributed by atoms with E-state index in [0.717, 1.165) is 4.90 Å². The first-order chi connectivity index (χ1) is 17.2. The third-order valence-electron chi connectivity index (χ3n) is 5.11. The van der Waals surface area contributed by atoms with E-state index in [0.29, 0.717) is 34.3 Å². The van der Waals surface area contributed by atoms with Crippen molar-refractivity contribution in [1.29, 1.82) is 0 Å². The van der Waals surface area contributed by atoms with E-state index in [2.05, 4.69) is 10.6 Å². The minimum absolute atomic E-state index is 0.0941. The quantitative estimate of drug-likeness (QED) is 0.187. The zero-order chi connectivity index (χ0) is 26.2. The number of anilines is 2. The molecule has 2 amide bonds. The normalized spacial score (nSPS) is 11.3. The Morgan fingerprint density at radius 1 is 1.03 bits per heavy atom. The zero-order valence-electron chi connectivity index (χ0n) is 19.7. The first kappa shape index (κ1) is 26.8. The van der Waals surface area contributed by atoms with Gasteiger partial charge >= 0.3 is 0 Å². The Hall–Kier alpha value is -3.76. The predicted molar refractivity (Wildman–Crippen MR) is 141 cm³/mol. The van der Waals surface area contributed by atoms with Crippen LogP contribution < -0.4 is 20.1 Å². The van der Waals surface area contributed by atoms with Crippen molar-refractivity contribution in [1.82, 2.24) is 0 Å². The Balaban J connectivity index is 1.70. The van der Waals surface area contributed by atoms with Gasteiger partial charge in [0.25, 0.3) is 11.6 Å². The smallest absolute Gasteiger partial charge is 0.269 e. The number of nitrogens with zero attached hydrogens (tertiary/aromatic N) is 1. The summed E-state index contributed by atoms with van der Waals surface area (Å²) in [5.74, 6) is 0.212. The molecule has 0 spiro atoms. The van der Waals surface area contributed by atoms with Gasteiger partial charge in [-0.25, -0.2) is 0 Å². The molecule has 11 heteroatoms. The monoisotopic (exact) mass is 529 g/mol. The molecule has 0 aromatic heterocycles. The molecule has 0 bridgehead atoms. The lowest BCUT2D eigenvalue weighted by atomic mass is 10.2. The molecule has 0 heterocycles. The van der Waals surface area contributed by atoms with Crippen LogP contribution in [0.2, 0.25) is 5.02 Å². The average Bonchev–Trinajstić information content (AvgIpc) is 2.87. The van der Waals surface area contributed by atoms with Gasteiger partial charge in [0, 0.05) is 34.3 Å². The first-order valence-corrected chi connectivity index (χ1v) is 12.1. The molecule has 0 aliphatic carbocycles. The number of nitro benzene ring substituents is 1. The second-order valence-corrected chi connectivity index (χ2v) is 9.16. The topological polar surface area (TPSA) is 120 Å². The lowest BCUT2D eigenvalue weighted by Crippen LogP contribution is -2.24. The minimum atomic E-state index is -0.526. The maximum absolute atomic E-state index is 13.0. The molecule has 0 aliphatic heterocycles. The highest BCUT2D eigenvalue weighted by molar-refractivity contribution is 8.00. The van der Waals surface area contributed by atoms with Gasteiger partial charge in [-0.3, -0.25) is 19.7 Å². The van der Waals surface area contributed by atoms with Crippen LogP contribution in [0.1, 0.15) is 23.7 Å². The summed E-state index contributed by atoms with van der Waals surface area (Å²) in [7, 11) is 2.98. The van der Waals surface area contributed by atoms with E-state index in [9.17, 15) is 19.7 Å². The van der Waals surface area contributed by atoms with Crippen molar-refractivity contribution in [3.05, 3.63) is 81.4 Å². The molecule has 2 N–H and O–H groups in total. The van der Waals surface area contributed by atoms with Crippen molar-refractivity contribution in [2.24, 2.45) is 0 Å². The standard InChI is InChI=1S/C25H24ClN3O6S/c1-4-23(25(31)28-20-13-19(26)21(34-2)14-22(20)35-3)36-18-7-5-6-16(12-18)27-24(30)15-8-10-17(11-9-15)29(32)33/h5-14,23H,4H2,1-3H3,(H,27,30)(H,28,31). The number of carbonyl (C=O) groups is 2. The number of amides is 2. The molecule has 3 rings (SSSR count). The first-order valence-electron chi connectivity index (χ1n) is 10.8. The number of hydrogen-bond donors (Lipinski definition) is 2. The maximum Gasteiger partial charge on any atom is 0.269 e. The van der Waals surface area contributed by atoms with Crippen LogP contribution in [0.5, 0.6) is 11.5 Å². The van der Waals surface area contributed by atoms with Gasteiger partial charge in [-0.05, 0) is 42.8 Å². The molecule has 188 valence electrons. The molecular formula is C25H24ClN3O6S. The Morgan fingerprint density at radius 2 is 1.72 bits per heavy atom. The summed E-state index contributed by atoms with van der Waals surface area (Å²) in [6, 6.07) is 15.6. The van der Waals surface area contributed by atoms with Crippen LogP contribution in [0.25, 0.3) is 0 Å². The van der Waals surface area contributed by atoms with Gasteiger partial charge in [0.2, 0.25) is 5.91 Å². The van der Waals surface area contributed by atoms with Gasteiger partial charge in [-0.15, -0.1) is 11.8 Å². The van der Waals surface area contributed by atoms with Gasteiger partial charge in [0.15, 0.2) is 0 Å². The minimum Gasteiger partial charge on any atom is -0.495 e. The number of carbonyl (C=O) groups excluding carboxylic acids is 2. The highest BCUT2D eigenvalue weighted by atomic mass is 35.5. The van der Waals surface area contributed by atoms with E-state index in [1.807, 2.05) is 13.0 Å². The van der Waals surface area contributed by atoms with Crippen molar-refractivity contribution in [3.63, 3.8) is 0 Å². The largest absolute Gasteiger partial charge is 0.495 e. The van der Waals surface area contributed by atoms with Gasteiger partial charge in [-0.2, -0.15) is 0 Å². The molecule has 0 aliphatic rings.